The van der Waals surface area contributed by atoms with Gasteiger partial charge in [-0.15, -0.1) is 11.3 Å². The Morgan fingerprint density at radius 3 is 2.44 bits per heavy atom. The molecular weight excluding hydrogens is 479 g/mol. The molecule has 34 heavy (non-hydrogen) atoms. The number of carbonyl (C=O) groups is 2. The number of benzene rings is 1. The molecule has 0 aliphatic heterocycles. The van der Waals surface area contributed by atoms with E-state index in [9.17, 15) is 24.2 Å². The standard InChI is InChI=1S/C23H27N2O7PS/c1-15(2)21(25-33(29,30)32-14-19-4-3-11-34-19)22(26)24-20(23(27)28)12-16-5-7-17(8-6-16)18-9-10-31-13-18/h3-11,13,15,20-21H,12,14H2,1-2H3,(H,24,26)(H,27,28)(H2,25,29,30)/t20-,21-/m0/s1. The molecule has 0 bridgehead atoms. The number of carbonyl (C=O) groups excluding carboxylic acids is 1. The summed E-state index contributed by atoms with van der Waals surface area (Å²) in [6.45, 7) is 3.28. The summed E-state index contributed by atoms with van der Waals surface area (Å²) in [5, 5.41) is 16.3. The van der Waals surface area contributed by atoms with E-state index in [1.807, 2.05) is 23.6 Å². The first-order valence-electron chi connectivity index (χ1n) is 10.6. The molecule has 182 valence electrons. The predicted molar refractivity (Wildman–Crippen MR) is 128 cm³/mol. The van der Waals surface area contributed by atoms with Gasteiger partial charge in [0.05, 0.1) is 25.2 Å². The Labute approximate surface area is 201 Å². The third kappa shape index (κ3) is 7.38. The minimum atomic E-state index is -4.32. The summed E-state index contributed by atoms with van der Waals surface area (Å²) in [5.41, 5.74) is 2.52. The zero-order valence-corrected chi connectivity index (χ0v) is 20.4. The summed E-state index contributed by atoms with van der Waals surface area (Å²) in [7, 11) is -4.32. The number of nitrogens with one attached hydrogen (secondary N) is 2. The molecule has 3 aromatic rings. The number of hydrogen-bond acceptors (Lipinski definition) is 6. The molecule has 3 atom stereocenters. The first-order valence-corrected chi connectivity index (χ1v) is 13.0. The monoisotopic (exact) mass is 506 g/mol. The average Bonchev–Trinajstić information content (AvgIpc) is 3.50. The minimum Gasteiger partial charge on any atom is -0.480 e. The highest BCUT2D eigenvalue weighted by atomic mass is 32.1. The van der Waals surface area contributed by atoms with Crippen LogP contribution in [0.2, 0.25) is 0 Å². The first-order chi connectivity index (χ1) is 16.1. The van der Waals surface area contributed by atoms with Crippen molar-refractivity contribution >= 4 is 31.0 Å². The van der Waals surface area contributed by atoms with Crippen LogP contribution >= 0.6 is 19.1 Å². The van der Waals surface area contributed by atoms with Gasteiger partial charge in [-0.05, 0) is 34.6 Å². The zero-order chi connectivity index (χ0) is 24.7. The van der Waals surface area contributed by atoms with E-state index in [1.165, 1.54) is 11.3 Å². The average molecular weight is 507 g/mol. The maximum atomic E-state index is 12.9. The molecule has 3 rings (SSSR count). The van der Waals surface area contributed by atoms with E-state index in [1.54, 1.807) is 50.6 Å². The molecule has 1 amide bonds. The highest BCUT2D eigenvalue weighted by Crippen LogP contribution is 2.39. The molecule has 1 unspecified atom stereocenters. The van der Waals surface area contributed by atoms with Crippen LogP contribution in [0.5, 0.6) is 0 Å². The van der Waals surface area contributed by atoms with Crippen LogP contribution in [0.4, 0.5) is 0 Å². The topological polar surface area (TPSA) is 138 Å². The molecule has 0 spiro atoms. The third-order valence-electron chi connectivity index (χ3n) is 5.08. The fourth-order valence-electron chi connectivity index (χ4n) is 3.23. The molecule has 0 aliphatic carbocycles. The maximum absolute atomic E-state index is 12.9. The van der Waals surface area contributed by atoms with E-state index in [-0.39, 0.29) is 13.0 Å². The normalized spacial score (nSPS) is 14.9. The van der Waals surface area contributed by atoms with Crippen molar-refractivity contribution in [1.82, 2.24) is 10.4 Å². The lowest BCUT2D eigenvalue weighted by Crippen LogP contribution is -2.52. The lowest BCUT2D eigenvalue weighted by atomic mass is 10.0. The number of rotatable bonds is 12. The van der Waals surface area contributed by atoms with Crippen molar-refractivity contribution in [2.75, 3.05) is 0 Å². The second-order valence-electron chi connectivity index (χ2n) is 8.04. The molecule has 0 saturated heterocycles. The summed E-state index contributed by atoms with van der Waals surface area (Å²) in [4.78, 5) is 35.7. The Morgan fingerprint density at radius 2 is 1.88 bits per heavy atom. The van der Waals surface area contributed by atoms with Gasteiger partial charge in [-0.25, -0.2) is 14.4 Å². The van der Waals surface area contributed by atoms with Crippen LogP contribution in [0.15, 0.2) is 64.8 Å². The van der Waals surface area contributed by atoms with Crippen LogP contribution in [0.25, 0.3) is 11.1 Å². The fourth-order valence-corrected chi connectivity index (χ4v) is 5.09. The fraction of sp³-hybridized carbons (Fsp3) is 0.304. The molecule has 1 aromatic carbocycles. The SMILES string of the molecule is CC(C)[C@H](NP(=O)(O)OCc1cccs1)C(=O)N[C@@H](Cc1ccc(-c2ccoc2)cc1)C(=O)O. The van der Waals surface area contributed by atoms with E-state index in [2.05, 4.69) is 10.4 Å². The van der Waals surface area contributed by atoms with Crippen LogP contribution in [0.1, 0.15) is 24.3 Å². The summed E-state index contributed by atoms with van der Waals surface area (Å²) in [6.07, 6.45) is 3.22. The molecule has 0 radical (unpaired) electrons. The van der Waals surface area contributed by atoms with Crippen LogP contribution in [-0.2, 0) is 31.7 Å². The number of carboxylic acid groups (broad SMARTS) is 1. The zero-order valence-electron chi connectivity index (χ0n) is 18.7. The Kier molecular flexibility index (Phi) is 8.82. The number of hydrogen-bond donors (Lipinski definition) is 4. The molecule has 2 aromatic heterocycles. The molecule has 11 heteroatoms. The van der Waals surface area contributed by atoms with Crippen molar-refractivity contribution in [3.63, 3.8) is 0 Å². The van der Waals surface area contributed by atoms with Crippen molar-refractivity contribution < 1.29 is 33.1 Å². The van der Waals surface area contributed by atoms with Gasteiger partial charge in [0, 0.05) is 16.9 Å². The van der Waals surface area contributed by atoms with E-state index in [4.69, 9.17) is 8.94 Å². The summed E-state index contributed by atoms with van der Waals surface area (Å²) < 4.78 is 22.7. The minimum absolute atomic E-state index is 0.0449. The van der Waals surface area contributed by atoms with Gasteiger partial charge in [0.25, 0.3) is 0 Å². The van der Waals surface area contributed by atoms with Gasteiger partial charge >= 0.3 is 13.7 Å². The molecule has 0 fully saturated rings. The smallest absolute Gasteiger partial charge is 0.403 e. The summed E-state index contributed by atoms with van der Waals surface area (Å²) in [5.74, 6) is -2.32. The van der Waals surface area contributed by atoms with Gasteiger partial charge in [-0.3, -0.25) is 9.32 Å². The number of carboxylic acids is 1. The first kappa shape index (κ1) is 25.9. The van der Waals surface area contributed by atoms with Gasteiger partial charge in [0.2, 0.25) is 5.91 Å². The Hall–Kier alpha value is -2.75. The molecule has 9 nitrogen and oxygen atoms in total. The van der Waals surface area contributed by atoms with Gasteiger partial charge < -0.3 is 19.7 Å². The van der Waals surface area contributed by atoms with Gasteiger partial charge in [0.1, 0.15) is 6.04 Å². The second-order valence-corrected chi connectivity index (χ2v) is 10.6. The van der Waals surface area contributed by atoms with Gasteiger partial charge in [-0.2, -0.15) is 0 Å². The van der Waals surface area contributed by atoms with Gasteiger partial charge in [0.15, 0.2) is 0 Å². The highest BCUT2D eigenvalue weighted by molar-refractivity contribution is 7.50. The van der Waals surface area contributed by atoms with E-state index in [0.29, 0.717) is 5.56 Å². The molecule has 4 N–H and O–H groups in total. The number of furan rings is 1. The largest absolute Gasteiger partial charge is 0.480 e. The number of thiophene rings is 1. The highest BCUT2D eigenvalue weighted by Gasteiger charge is 2.33. The maximum Gasteiger partial charge on any atom is 0.403 e. The van der Waals surface area contributed by atoms with Crippen LogP contribution < -0.4 is 10.4 Å². The lowest BCUT2D eigenvalue weighted by molar-refractivity contribution is -0.142. The van der Waals surface area contributed by atoms with Crippen LogP contribution in [0.3, 0.4) is 0 Å². The third-order valence-corrected chi connectivity index (χ3v) is 7.01. The summed E-state index contributed by atoms with van der Waals surface area (Å²) in [6, 6.07) is 10.3. The van der Waals surface area contributed by atoms with Crippen LogP contribution in [0, 0.1) is 5.92 Å². The van der Waals surface area contributed by atoms with Gasteiger partial charge in [-0.1, -0.05) is 44.2 Å². The summed E-state index contributed by atoms with van der Waals surface area (Å²) >= 11 is 1.37. The number of aliphatic carboxylic acids is 1. The van der Waals surface area contributed by atoms with Crippen molar-refractivity contribution in [1.29, 1.82) is 0 Å². The van der Waals surface area contributed by atoms with E-state index >= 15 is 0 Å². The van der Waals surface area contributed by atoms with E-state index in [0.717, 1.165) is 16.0 Å². The van der Waals surface area contributed by atoms with Crippen molar-refractivity contribution in [2.24, 2.45) is 5.92 Å². The lowest BCUT2D eigenvalue weighted by Gasteiger charge is -2.26. The second kappa shape index (κ2) is 11.6. The molecule has 0 aliphatic rings. The molecule has 2 heterocycles. The van der Waals surface area contributed by atoms with E-state index < -0.39 is 37.6 Å². The predicted octanol–water partition coefficient (Wildman–Crippen LogP) is 4.05. The number of amides is 1. The Balaban J connectivity index is 1.63. The Bertz CT molecular complexity index is 1110. The molecular formula is C23H27N2O7PS. The Morgan fingerprint density at radius 1 is 1.15 bits per heavy atom. The quantitative estimate of drug-likeness (QED) is 0.270. The van der Waals surface area contributed by atoms with Crippen molar-refractivity contribution in [3.05, 3.63) is 70.8 Å². The van der Waals surface area contributed by atoms with Crippen LogP contribution in [-0.4, -0.2) is 34.0 Å². The van der Waals surface area contributed by atoms with Crippen molar-refractivity contribution in [2.45, 2.75) is 39.0 Å². The molecule has 0 saturated carbocycles. The van der Waals surface area contributed by atoms with Crippen molar-refractivity contribution in [3.8, 4) is 11.1 Å².